The summed E-state index contributed by atoms with van der Waals surface area (Å²) >= 11 is 0. The molecule has 15 heteroatoms. The summed E-state index contributed by atoms with van der Waals surface area (Å²) in [6.45, 7) is 2.42. The summed E-state index contributed by atoms with van der Waals surface area (Å²) < 4.78 is 33.2. The van der Waals surface area contributed by atoms with Gasteiger partial charge in [0.25, 0.3) is 0 Å². The van der Waals surface area contributed by atoms with Crippen molar-refractivity contribution >= 4 is 11.9 Å². The summed E-state index contributed by atoms with van der Waals surface area (Å²) in [5.41, 5.74) is 0. The van der Waals surface area contributed by atoms with Gasteiger partial charge in [0.2, 0.25) is 0 Å². The van der Waals surface area contributed by atoms with Crippen LogP contribution in [-0.4, -0.2) is 142 Å². The number of unbranched alkanes of at least 4 members (excludes halogenated alkanes) is 19. The Morgan fingerprint density at radius 3 is 1.60 bits per heavy atom. The Labute approximate surface area is 358 Å². The molecule has 2 aliphatic heterocycles. The van der Waals surface area contributed by atoms with E-state index in [-0.39, 0.29) is 13.0 Å². The maximum Gasteiger partial charge on any atom is 0.330 e. The third-order valence-electron chi connectivity index (χ3n) is 11.0. The van der Waals surface area contributed by atoms with E-state index in [2.05, 4.69) is 13.8 Å². The number of aliphatic hydroxyl groups excluding tert-OH is 7. The second-order valence-electron chi connectivity index (χ2n) is 16.3. The molecule has 0 bridgehead atoms. The monoisotopic (exact) mass is 861 g/mol. The first-order valence-corrected chi connectivity index (χ1v) is 23.0. The first-order chi connectivity index (χ1) is 29.0. The van der Waals surface area contributed by atoms with Crippen molar-refractivity contribution in [1.82, 2.24) is 0 Å². The van der Waals surface area contributed by atoms with Crippen molar-refractivity contribution in [2.24, 2.45) is 0 Å². The average Bonchev–Trinajstić information content (AvgIpc) is 3.24. The van der Waals surface area contributed by atoms with Crippen LogP contribution in [0.25, 0.3) is 0 Å². The van der Waals surface area contributed by atoms with Crippen LogP contribution in [0.2, 0.25) is 0 Å². The zero-order valence-electron chi connectivity index (χ0n) is 36.4. The molecule has 60 heavy (non-hydrogen) atoms. The zero-order valence-corrected chi connectivity index (χ0v) is 36.4. The highest BCUT2D eigenvalue weighted by Gasteiger charge is 2.47. The molecule has 2 heterocycles. The summed E-state index contributed by atoms with van der Waals surface area (Å²) in [5.74, 6) is -1.18. The van der Waals surface area contributed by atoms with E-state index in [1.807, 2.05) is 6.08 Å². The molecule has 0 aliphatic carbocycles. The predicted octanol–water partition coefficient (Wildman–Crippen LogP) is 4.82. The molecule has 0 radical (unpaired) electrons. The van der Waals surface area contributed by atoms with Crippen molar-refractivity contribution in [3.05, 3.63) is 24.3 Å². The number of carbonyl (C=O) groups excluding carboxylic acids is 2. The number of aliphatic hydroxyl groups is 7. The van der Waals surface area contributed by atoms with E-state index in [1.165, 1.54) is 102 Å². The lowest BCUT2D eigenvalue weighted by Gasteiger charge is -2.42. The summed E-state index contributed by atoms with van der Waals surface area (Å²) in [6, 6.07) is 0. The van der Waals surface area contributed by atoms with Gasteiger partial charge in [-0.2, -0.15) is 0 Å². The largest absolute Gasteiger partial charge is 0.458 e. The number of hydrogen-bond acceptors (Lipinski definition) is 15. The van der Waals surface area contributed by atoms with Gasteiger partial charge in [-0.15, -0.1) is 0 Å². The Balaban J connectivity index is 1.87. The van der Waals surface area contributed by atoms with Crippen LogP contribution in [0.1, 0.15) is 155 Å². The van der Waals surface area contributed by atoms with Gasteiger partial charge in [-0.25, -0.2) is 4.79 Å². The Kier molecular flexibility index (Phi) is 30.2. The van der Waals surface area contributed by atoms with Gasteiger partial charge in [-0.3, -0.25) is 4.79 Å². The fraction of sp³-hybridized carbons (Fsp3) is 0.867. The Hall–Kier alpha value is -2.02. The Morgan fingerprint density at radius 2 is 1.05 bits per heavy atom. The molecule has 11 atom stereocenters. The van der Waals surface area contributed by atoms with E-state index in [0.717, 1.165) is 32.1 Å². The fourth-order valence-electron chi connectivity index (χ4n) is 7.19. The van der Waals surface area contributed by atoms with Gasteiger partial charge in [0.1, 0.15) is 55.4 Å². The number of carbonyl (C=O) groups is 2. The highest BCUT2D eigenvalue weighted by molar-refractivity contribution is 5.82. The number of ether oxygens (including phenoxy) is 6. The van der Waals surface area contributed by atoms with Gasteiger partial charge in [0.15, 0.2) is 18.7 Å². The highest BCUT2D eigenvalue weighted by atomic mass is 16.7. The smallest absolute Gasteiger partial charge is 0.330 e. The highest BCUT2D eigenvalue weighted by Crippen LogP contribution is 2.26. The molecule has 15 nitrogen and oxygen atoms in total. The van der Waals surface area contributed by atoms with Crippen LogP contribution in [-0.2, 0) is 38.0 Å². The van der Waals surface area contributed by atoms with E-state index < -0.39 is 99.3 Å². The van der Waals surface area contributed by atoms with Crippen molar-refractivity contribution in [2.75, 3.05) is 26.4 Å². The second-order valence-corrected chi connectivity index (χ2v) is 16.3. The molecule has 2 saturated heterocycles. The first kappa shape index (κ1) is 54.1. The van der Waals surface area contributed by atoms with E-state index in [1.54, 1.807) is 12.2 Å². The quantitative estimate of drug-likeness (QED) is 0.0199. The first-order valence-electron chi connectivity index (χ1n) is 23.0. The van der Waals surface area contributed by atoms with Crippen LogP contribution < -0.4 is 0 Å². The molecule has 0 aromatic rings. The number of hydrogen-bond donors (Lipinski definition) is 7. The van der Waals surface area contributed by atoms with E-state index in [9.17, 15) is 45.3 Å². The molecule has 7 N–H and O–H groups in total. The van der Waals surface area contributed by atoms with E-state index in [0.29, 0.717) is 6.42 Å². The molecular weight excluding hydrogens is 780 g/mol. The lowest BCUT2D eigenvalue weighted by molar-refractivity contribution is -0.332. The maximum absolute atomic E-state index is 12.9. The molecule has 350 valence electrons. The predicted molar refractivity (Wildman–Crippen MR) is 224 cm³/mol. The molecule has 0 aromatic heterocycles. The minimum Gasteiger partial charge on any atom is -0.458 e. The molecular formula is C45H80O15. The van der Waals surface area contributed by atoms with E-state index >= 15 is 0 Å². The lowest BCUT2D eigenvalue weighted by atomic mass is 9.98. The van der Waals surface area contributed by atoms with Gasteiger partial charge in [0.05, 0.1) is 19.8 Å². The van der Waals surface area contributed by atoms with Crippen molar-refractivity contribution < 1.29 is 73.8 Å². The third-order valence-corrected chi connectivity index (χ3v) is 11.0. The SMILES string of the molecule is CCCCCCCCCCCCC/C=C/C=C/C(=O)OC[C@H](CO[C@@H]1O[C@H](CO[C@@H]2O[C@H](CO)[C@H](O)C(O)C2O)[C@H](O)C(O)C1O)OC(=O)CCCCCCCCCCC. The van der Waals surface area contributed by atoms with E-state index in [4.69, 9.17) is 28.4 Å². The molecule has 2 fully saturated rings. The average molecular weight is 861 g/mol. The molecule has 0 spiro atoms. The fourth-order valence-corrected chi connectivity index (χ4v) is 7.19. The third kappa shape index (κ3) is 22.4. The summed E-state index contributed by atoms with van der Waals surface area (Å²) in [6.07, 6.45) is 14.4. The molecule has 4 unspecified atom stereocenters. The minimum atomic E-state index is -1.77. The zero-order chi connectivity index (χ0) is 44.0. The standard InChI is InChI=1S/C45H80O15/c1-3-5-7-9-11-13-14-15-16-17-18-20-21-23-25-27-36(47)55-30-33(58-37(48)28-26-24-22-19-12-10-8-6-4-2)31-56-44-43(54)41(52)39(50)35(60-44)32-57-45-42(53)40(51)38(49)34(29-46)59-45/h21,23,25,27,33-35,38-46,49-54H,3-20,22,24,26,28-32H2,1-2H3/b23-21+,27-25+/t33-,34-,35-,38+,39+,40?,41?,42?,43?,44-,45-/m1/s1. The van der Waals surface area contributed by atoms with Crippen LogP contribution in [0.5, 0.6) is 0 Å². The summed E-state index contributed by atoms with van der Waals surface area (Å²) in [7, 11) is 0. The van der Waals surface area contributed by atoms with Gasteiger partial charge in [-0.05, 0) is 19.3 Å². The topological polar surface area (TPSA) is 231 Å². The van der Waals surface area contributed by atoms with Gasteiger partial charge < -0.3 is 64.2 Å². The summed E-state index contributed by atoms with van der Waals surface area (Å²) in [4.78, 5) is 25.4. The van der Waals surface area contributed by atoms with Crippen LogP contribution in [0.15, 0.2) is 24.3 Å². The van der Waals surface area contributed by atoms with Crippen LogP contribution in [0, 0.1) is 0 Å². The minimum absolute atomic E-state index is 0.148. The molecule has 0 aromatic carbocycles. The Bertz CT molecular complexity index is 1150. The second kappa shape index (κ2) is 33.5. The van der Waals surface area contributed by atoms with Gasteiger partial charge >= 0.3 is 11.9 Å². The van der Waals surface area contributed by atoms with Gasteiger partial charge in [-0.1, -0.05) is 148 Å². The molecule has 2 rings (SSSR count). The van der Waals surface area contributed by atoms with Crippen molar-refractivity contribution in [2.45, 2.75) is 223 Å². The normalized spacial score (nSPS) is 27.8. The summed E-state index contributed by atoms with van der Waals surface area (Å²) in [5, 5.41) is 71.7. The van der Waals surface area contributed by atoms with Crippen LogP contribution >= 0.6 is 0 Å². The van der Waals surface area contributed by atoms with Crippen molar-refractivity contribution in [3.63, 3.8) is 0 Å². The van der Waals surface area contributed by atoms with Crippen LogP contribution in [0.4, 0.5) is 0 Å². The number of rotatable bonds is 34. The van der Waals surface area contributed by atoms with Crippen molar-refractivity contribution in [3.8, 4) is 0 Å². The van der Waals surface area contributed by atoms with Crippen molar-refractivity contribution in [1.29, 1.82) is 0 Å². The lowest BCUT2D eigenvalue weighted by Crippen LogP contribution is -2.61. The van der Waals surface area contributed by atoms with Crippen LogP contribution in [0.3, 0.4) is 0 Å². The molecule has 2 aliphatic rings. The molecule has 0 amide bonds. The number of allylic oxidation sites excluding steroid dienone is 3. The number of esters is 2. The molecule has 0 saturated carbocycles. The maximum atomic E-state index is 12.9. The van der Waals surface area contributed by atoms with Gasteiger partial charge in [0, 0.05) is 12.5 Å². The Morgan fingerprint density at radius 1 is 0.567 bits per heavy atom.